The summed E-state index contributed by atoms with van der Waals surface area (Å²) < 4.78 is 11.2. The van der Waals surface area contributed by atoms with Gasteiger partial charge in [-0.15, -0.1) is 0 Å². The third-order valence-electron chi connectivity index (χ3n) is 3.91. The van der Waals surface area contributed by atoms with Gasteiger partial charge in [-0.25, -0.2) is 0 Å². The fourth-order valence-corrected chi connectivity index (χ4v) is 4.10. The van der Waals surface area contributed by atoms with Crippen LogP contribution in [-0.2, 0) is 24.7 Å². The Bertz CT molecular complexity index is 822. The van der Waals surface area contributed by atoms with E-state index < -0.39 is 4.92 Å². The molecule has 0 amide bonds. The van der Waals surface area contributed by atoms with Gasteiger partial charge in [0.15, 0.2) is 5.82 Å². The average Bonchev–Trinajstić information content (AvgIpc) is 3.35. The molecule has 0 aliphatic rings. The molecule has 0 saturated heterocycles. The molecule has 0 aromatic carbocycles. The second-order valence-corrected chi connectivity index (χ2v) is 9.13. The van der Waals surface area contributed by atoms with Crippen LogP contribution in [0.5, 0.6) is 0 Å². The first-order valence-corrected chi connectivity index (χ1v) is 12.2. The van der Waals surface area contributed by atoms with Gasteiger partial charge < -0.3 is 29.5 Å². The van der Waals surface area contributed by atoms with Gasteiger partial charge in [-0.3, -0.25) is 10.1 Å². The molecular weight excluding hydrogens is 440 g/mol. The van der Waals surface area contributed by atoms with Gasteiger partial charge in [0, 0.05) is 24.6 Å². The predicted octanol–water partition coefficient (Wildman–Crippen LogP) is 2.85. The van der Waals surface area contributed by atoms with Crippen LogP contribution in [0.1, 0.15) is 23.0 Å². The number of nitro groups is 1. The Morgan fingerprint density at radius 3 is 2.03 bits per heavy atom. The number of aliphatic hydroxyl groups excluding tert-OH is 1. The van der Waals surface area contributed by atoms with E-state index in [0.29, 0.717) is 30.4 Å². The van der Waals surface area contributed by atoms with Crippen LogP contribution in [-0.4, -0.2) is 53.6 Å². The molecule has 0 unspecified atom stereocenters. The quantitative estimate of drug-likeness (QED) is 0.192. The van der Waals surface area contributed by atoms with E-state index in [1.54, 1.807) is 29.6 Å². The summed E-state index contributed by atoms with van der Waals surface area (Å²) in [6.45, 7) is 1.85. The van der Waals surface area contributed by atoms with E-state index in [9.17, 15) is 10.1 Å². The van der Waals surface area contributed by atoms with E-state index in [1.165, 1.54) is 0 Å². The van der Waals surface area contributed by atoms with E-state index in [4.69, 9.17) is 13.9 Å². The Balaban J connectivity index is 1.61. The molecule has 2 rings (SSSR count). The highest BCUT2D eigenvalue weighted by molar-refractivity contribution is 7.98. The van der Waals surface area contributed by atoms with E-state index in [2.05, 4.69) is 15.5 Å². The van der Waals surface area contributed by atoms with Crippen molar-refractivity contribution in [3.63, 3.8) is 0 Å². The zero-order valence-electron chi connectivity index (χ0n) is 17.8. The van der Waals surface area contributed by atoms with Gasteiger partial charge in [0.05, 0.1) is 23.0 Å². The van der Waals surface area contributed by atoms with Gasteiger partial charge in [-0.2, -0.15) is 23.5 Å². The van der Waals surface area contributed by atoms with E-state index in [1.807, 2.05) is 32.3 Å². The average molecular weight is 471 g/mol. The lowest BCUT2D eigenvalue weighted by molar-refractivity contribution is -0.404. The highest BCUT2D eigenvalue weighted by atomic mass is 32.2. The number of hydrogen-bond acceptors (Lipinski definition) is 10. The standard InChI is InChI=1S/C20H30N4O5S2/c1-23(2)11-16-3-5-18(28-16)14-30-9-7-21-20(12-24(26)27)22-8-10-31-15-19-6-4-17(13-25)29-19/h3-6,12,21-22,25H,7-11,13-15H2,1-2H3. The molecule has 0 fully saturated rings. The van der Waals surface area contributed by atoms with Crippen LogP contribution in [0.25, 0.3) is 0 Å². The second kappa shape index (κ2) is 14.1. The van der Waals surface area contributed by atoms with Gasteiger partial charge in [0.2, 0.25) is 0 Å². The maximum atomic E-state index is 10.9. The zero-order valence-corrected chi connectivity index (χ0v) is 19.5. The number of thioether (sulfide) groups is 2. The van der Waals surface area contributed by atoms with Gasteiger partial charge >= 0.3 is 0 Å². The molecular formula is C20H30N4O5S2. The van der Waals surface area contributed by atoms with Crippen molar-refractivity contribution >= 4 is 23.5 Å². The van der Waals surface area contributed by atoms with Crippen molar-refractivity contribution in [2.24, 2.45) is 0 Å². The zero-order chi connectivity index (χ0) is 22.5. The van der Waals surface area contributed by atoms with E-state index in [-0.39, 0.29) is 6.61 Å². The molecule has 172 valence electrons. The van der Waals surface area contributed by atoms with Crippen molar-refractivity contribution in [3.05, 3.63) is 69.4 Å². The number of rotatable bonds is 16. The lowest BCUT2D eigenvalue weighted by atomic mass is 10.4. The van der Waals surface area contributed by atoms with Crippen molar-refractivity contribution in [2.45, 2.75) is 24.7 Å². The summed E-state index contributed by atoms with van der Waals surface area (Å²) in [6, 6.07) is 7.58. The van der Waals surface area contributed by atoms with Crippen LogP contribution < -0.4 is 10.6 Å². The highest BCUT2D eigenvalue weighted by Crippen LogP contribution is 2.16. The Hall–Kier alpha value is -2.08. The van der Waals surface area contributed by atoms with E-state index in [0.717, 1.165) is 47.3 Å². The summed E-state index contributed by atoms with van der Waals surface area (Å²) in [4.78, 5) is 12.4. The SMILES string of the molecule is CN(C)Cc1ccc(CSCCNC(=C[N+](=O)[O-])NCCSCc2ccc(CO)o2)o1. The van der Waals surface area contributed by atoms with Gasteiger partial charge in [-0.05, 0) is 38.4 Å². The first-order chi connectivity index (χ1) is 15.0. The molecule has 9 nitrogen and oxygen atoms in total. The van der Waals surface area contributed by atoms with Crippen LogP contribution in [0, 0.1) is 10.1 Å². The van der Waals surface area contributed by atoms with Crippen molar-refractivity contribution in [2.75, 3.05) is 38.7 Å². The first kappa shape index (κ1) is 25.2. The monoisotopic (exact) mass is 470 g/mol. The van der Waals surface area contributed by atoms with Crippen molar-refractivity contribution in [1.29, 1.82) is 0 Å². The van der Waals surface area contributed by atoms with Crippen LogP contribution in [0.3, 0.4) is 0 Å². The summed E-state index contributed by atoms with van der Waals surface area (Å²) in [7, 11) is 4.00. The molecule has 31 heavy (non-hydrogen) atoms. The summed E-state index contributed by atoms with van der Waals surface area (Å²) in [5, 5.41) is 26.0. The largest absolute Gasteiger partial charge is 0.464 e. The summed E-state index contributed by atoms with van der Waals surface area (Å²) >= 11 is 3.35. The van der Waals surface area contributed by atoms with Crippen molar-refractivity contribution < 1.29 is 18.9 Å². The molecule has 2 heterocycles. The van der Waals surface area contributed by atoms with Crippen LogP contribution in [0.15, 0.2) is 45.1 Å². The van der Waals surface area contributed by atoms with Crippen LogP contribution in [0.2, 0.25) is 0 Å². The summed E-state index contributed by atoms with van der Waals surface area (Å²) in [5.41, 5.74) is 0. The summed E-state index contributed by atoms with van der Waals surface area (Å²) in [6.07, 6.45) is 0.954. The smallest absolute Gasteiger partial charge is 0.274 e. The van der Waals surface area contributed by atoms with Crippen molar-refractivity contribution in [3.8, 4) is 0 Å². The molecule has 0 saturated carbocycles. The van der Waals surface area contributed by atoms with Gasteiger partial charge in [0.25, 0.3) is 6.20 Å². The Kier molecular flexibility index (Phi) is 11.4. The van der Waals surface area contributed by atoms with Crippen LogP contribution in [0.4, 0.5) is 0 Å². The number of nitrogens with one attached hydrogen (secondary N) is 2. The Labute approximate surface area is 190 Å². The molecule has 0 aliphatic heterocycles. The summed E-state index contributed by atoms with van der Waals surface area (Å²) in [5.74, 6) is 6.62. The maximum absolute atomic E-state index is 10.9. The topological polar surface area (TPSA) is 117 Å². The van der Waals surface area contributed by atoms with E-state index >= 15 is 0 Å². The number of hydrogen-bond donors (Lipinski definition) is 3. The lowest BCUT2D eigenvalue weighted by Crippen LogP contribution is -2.30. The number of furan rings is 2. The molecule has 3 N–H and O–H groups in total. The normalized spacial score (nSPS) is 11.8. The minimum absolute atomic E-state index is 0.107. The third kappa shape index (κ3) is 10.7. The highest BCUT2D eigenvalue weighted by Gasteiger charge is 2.06. The fourth-order valence-electron chi connectivity index (χ4n) is 2.60. The Morgan fingerprint density at radius 2 is 1.55 bits per heavy atom. The number of aliphatic hydroxyl groups is 1. The molecule has 0 atom stereocenters. The third-order valence-corrected chi connectivity index (χ3v) is 5.87. The Morgan fingerprint density at radius 1 is 1.03 bits per heavy atom. The molecule has 0 aliphatic carbocycles. The molecule has 0 spiro atoms. The minimum atomic E-state index is -0.468. The lowest BCUT2D eigenvalue weighted by Gasteiger charge is -2.11. The van der Waals surface area contributed by atoms with Gasteiger partial charge in [0.1, 0.15) is 29.6 Å². The molecule has 11 heteroatoms. The molecule has 2 aromatic heterocycles. The fraction of sp³-hybridized carbons (Fsp3) is 0.500. The molecule has 0 bridgehead atoms. The second-order valence-electron chi connectivity index (χ2n) is 6.92. The predicted molar refractivity (Wildman–Crippen MR) is 124 cm³/mol. The van der Waals surface area contributed by atoms with Gasteiger partial charge in [-0.1, -0.05) is 0 Å². The maximum Gasteiger partial charge on any atom is 0.274 e. The first-order valence-electron chi connectivity index (χ1n) is 9.85. The van der Waals surface area contributed by atoms with Crippen LogP contribution >= 0.6 is 23.5 Å². The number of nitrogens with zero attached hydrogens (tertiary/aromatic N) is 2. The molecule has 2 aromatic rings. The molecule has 0 radical (unpaired) electrons. The van der Waals surface area contributed by atoms with Crippen molar-refractivity contribution in [1.82, 2.24) is 15.5 Å². The minimum Gasteiger partial charge on any atom is -0.464 e.